The number of para-hydroxylation sites is 1. The maximum absolute atomic E-state index is 13.8. The fourth-order valence-corrected chi connectivity index (χ4v) is 1.82. The Labute approximate surface area is 132 Å². The van der Waals surface area contributed by atoms with E-state index < -0.39 is 48.5 Å². The van der Waals surface area contributed by atoms with Gasteiger partial charge in [0.1, 0.15) is 11.8 Å². The van der Waals surface area contributed by atoms with E-state index >= 15 is 0 Å². The van der Waals surface area contributed by atoms with Crippen LogP contribution in [0.2, 0.25) is 0 Å². The molecule has 0 aliphatic carbocycles. The van der Waals surface area contributed by atoms with Crippen LogP contribution >= 0.6 is 12.4 Å². The van der Waals surface area contributed by atoms with Gasteiger partial charge >= 0.3 is 24.5 Å². The van der Waals surface area contributed by atoms with Crippen LogP contribution in [-0.4, -0.2) is 31.2 Å². The summed E-state index contributed by atoms with van der Waals surface area (Å²) in [6, 6.07) is 2.09. The lowest BCUT2D eigenvalue weighted by atomic mass is 9.99. The zero-order chi connectivity index (χ0) is 16.5. The summed E-state index contributed by atoms with van der Waals surface area (Å²) in [5, 5.41) is 1.75. The molecule has 0 radical (unpaired) electrons. The second kappa shape index (κ2) is 6.73. The second-order valence-corrected chi connectivity index (χ2v) is 4.42. The molecule has 1 amide bonds. The number of nitrogens with one attached hydrogen (secondary N) is 1. The van der Waals surface area contributed by atoms with Gasteiger partial charge in [-0.1, -0.05) is 18.2 Å². The second-order valence-electron chi connectivity index (χ2n) is 4.42. The van der Waals surface area contributed by atoms with Crippen LogP contribution in [-0.2, 0) is 4.74 Å². The summed E-state index contributed by atoms with van der Waals surface area (Å²) in [5.74, 6) is -4.52. The van der Waals surface area contributed by atoms with Crippen molar-refractivity contribution in [1.82, 2.24) is 5.32 Å². The maximum atomic E-state index is 13.8. The number of carbonyl (C=O) groups is 1. The van der Waals surface area contributed by atoms with Gasteiger partial charge in [0.2, 0.25) is 0 Å². The molecule has 1 saturated heterocycles. The first-order valence-corrected chi connectivity index (χ1v) is 5.88. The lowest BCUT2D eigenvalue weighted by Crippen LogP contribution is -2.49. The highest BCUT2D eigenvalue weighted by atomic mass is 35.5. The quantitative estimate of drug-likeness (QED) is 0.826. The van der Waals surface area contributed by atoms with Gasteiger partial charge in [0.05, 0.1) is 0 Å². The monoisotopic (exact) mass is 365 g/mol. The SMILES string of the molecule is Cl.O=C1N[C@H](c2ccccc2OC(F)(F)C(F)F)C(F)(F)CO1. The van der Waals surface area contributed by atoms with Crippen LogP contribution in [0.15, 0.2) is 24.3 Å². The average Bonchev–Trinajstić information content (AvgIpc) is 2.42. The first kappa shape index (κ1) is 19.2. The summed E-state index contributed by atoms with van der Waals surface area (Å²) >= 11 is 0. The molecule has 0 bridgehead atoms. The minimum Gasteiger partial charge on any atom is -0.443 e. The molecular formula is C12H10ClF6NO3. The summed E-state index contributed by atoms with van der Waals surface area (Å²) < 4.78 is 85.8. The van der Waals surface area contributed by atoms with Crippen LogP contribution in [0.5, 0.6) is 5.75 Å². The minimum atomic E-state index is -4.86. The van der Waals surface area contributed by atoms with Crippen molar-refractivity contribution < 1.29 is 40.6 Å². The molecule has 0 saturated carbocycles. The van der Waals surface area contributed by atoms with E-state index in [-0.39, 0.29) is 12.4 Å². The highest BCUT2D eigenvalue weighted by Crippen LogP contribution is 2.40. The predicted octanol–water partition coefficient (Wildman–Crippen LogP) is 3.76. The van der Waals surface area contributed by atoms with E-state index in [4.69, 9.17) is 0 Å². The molecule has 1 fully saturated rings. The van der Waals surface area contributed by atoms with Gasteiger partial charge in [-0.2, -0.15) is 17.6 Å². The van der Waals surface area contributed by atoms with E-state index in [2.05, 4.69) is 9.47 Å². The third-order valence-electron chi connectivity index (χ3n) is 2.81. The lowest BCUT2D eigenvalue weighted by Gasteiger charge is -2.33. The molecule has 1 atom stereocenters. The van der Waals surface area contributed by atoms with Crippen LogP contribution in [0.25, 0.3) is 0 Å². The van der Waals surface area contributed by atoms with Crippen molar-refractivity contribution in [3.63, 3.8) is 0 Å². The minimum absolute atomic E-state index is 0. The summed E-state index contributed by atoms with van der Waals surface area (Å²) in [7, 11) is 0. The molecule has 0 aromatic heterocycles. The summed E-state index contributed by atoms with van der Waals surface area (Å²) in [6.07, 6.45) is -10.2. The van der Waals surface area contributed by atoms with E-state index in [1.54, 1.807) is 5.32 Å². The van der Waals surface area contributed by atoms with E-state index in [0.717, 1.165) is 18.2 Å². The Morgan fingerprint density at radius 2 is 1.91 bits per heavy atom. The smallest absolute Gasteiger partial charge is 0.443 e. The summed E-state index contributed by atoms with van der Waals surface area (Å²) in [4.78, 5) is 11.1. The number of rotatable bonds is 4. The molecule has 130 valence electrons. The molecule has 0 spiro atoms. The molecule has 11 heteroatoms. The molecule has 1 aliphatic heterocycles. The highest BCUT2D eigenvalue weighted by Gasteiger charge is 2.49. The van der Waals surface area contributed by atoms with Crippen molar-refractivity contribution in [1.29, 1.82) is 0 Å². The molecule has 1 aliphatic rings. The Bertz CT molecular complexity index is 571. The molecule has 1 N–H and O–H groups in total. The first-order valence-electron chi connectivity index (χ1n) is 5.88. The Hall–Kier alpha value is -1.84. The molecule has 23 heavy (non-hydrogen) atoms. The van der Waals surface area contributed by atoms with Crippen molar-refractivity contribution in [2.75, 3.05) is 6.61 Å². The van der Waals surface area contributed by atoms with E-state index in [0.29, 0.717) is 0 Å². The Morgan fingerprint density at radius 1 is 1.30 bits per heavy atom. The number of benzene rings is 1. The third-order valence-corrected chi connectivity index (χ3v) is 2.81. The molecule has 4 nitrogen and oxygen atoms in total. The van der Waals surface area contributed by atoms with Crippen LogP contribution < -0.4 is 10.1 Å². The van der Waals surface area contributed by atoms with E-state index in [9.17, 15) is 31.1 Å². The molecule has 1 aromatic rings. The maximum Gasteiger partial charge on any atom is 0.461 e. The van der Waals surface area contributed by atoms with Gasteiger partial charge < -0.3 is 14.8 Å². The van der Waals surface area contributed by atoms with Gasteiger partial charge in [0.15, 0.2) is 6.61 Å². The van der Waals surface area contributed by atoms with E-state index in [1.807, 2.05) is 0 Å². The Morgan fingerprint density at radius 3 is 2.52 bits per heavy atom. The predicted molar refractivity (Wildman–Crippen MR) is 67.4 cm³/mol. The van der Waals surface area contributed by atoms with Crippen LogP contribution in [0.3, 0.4) is 0 Å². The fraction of sp³-hybridized carbons (Fsp3) is 0.417. The summed E-state index contributed by atoms with van der Waals surface area (Å²) in [5.41, 5.74) is -0.565. The number of amides is 1. The molecule has 1 aromatic carbocycles. The molecule has 1 heterocycles. The standard InChI is InChI=1S/C12H9F6NO3.ClH/c13-9(14)12(17,18)22-7-4-2-1-3-6(7)8-11(15,16)5-21-10(20)19-8;/h1-4,8-9H,5H2,(H,19,20);1H/t8-;/m1./s1. The summed E-state index contributed by atoms with van der Waals surface area (Å²) in [6.45, 7) is -1.27. The van der Waals surface area contributed by atoms with Crippen molar-refractivity contribution >= 4 is 18.5 Å². The molecule has 0 unspecified atom stereocenters. The number of hydrogen-bond acceptors (Lipinski definition) is 3. The molecular weight excluding hydrogens is 356 g/mol. The van der Waals surface area contributed by atoms with Crippen LogP contribution in [0.1, 0.15) is 11.6 Å². The number of halogens is 7. The first-order chi connectivity index (χ1) is 10.1. The van der Waals surface area contributed by atoms with Crippen molar-refractivity contribution in [2.24, 2.45) is 0 Å². The van der Waals surface area contributed by atoms with Gasteiger partial charge in [-0.25, -0.2) is 13.6 Å². The number of cyclic esters (lactones) is 1. The van der Waals surface area contributed by atoms with Gasteiger partial charge in [-0.3, -0.25) is 0 Å². The number of alkyl halides is 6. The van der Waals surface area contributed by atoms with Gasteiger partial charge in [-0.05, 0) is 6.07 Å². The van der Waals surface area contributed by atoms with Gasteiger partial charge in [0.25, 0.3) is 0 Å². The average molecular weight is 366 g/mol. The zero-order valence-electron chi connectivity index (χ0n) is 11.1. The third kappa shape index (κ3) is 4.12. The van der Waals surface area contributed by atoms with Crippen LogP contribution in [0.4, 0.5) is 31.1 Å². The largest absolute Gasteiger partial charge is 0.461 e. The Balaban J connectivity index is 0.00000264. The topological polar surface area (TPSA) is 47.6 Å². The van der Waals surface area contributed by atoms with Crippen molar-refractivity contribution in [3.8, 4) is 5.75 Å². The van der Waals surface area contributed by atoms with Gasteiger partial charge in [-0.15, -0.1) is 12.4 Å². The van der Waals surface area contributed by atoms with Crippen molar-refractivity contribution in [3.05, 3.63) is 29.8 Å². The van der Waals surface area contributed by atoms with Gasteiger partial charge in [0, 0.05) is 5.56 Å². The number of hydrogen-bond donors (Lipinski definition) is 1. The fourth-order valence-electron chi connectivity index (χ4n) is 1.82. The normalized spacial score (nSPS) is 20.3. The van der Waals surface area contributed by atoms with Crippen molar-refractivity contribution in [2.45, 2.75) is 24.5 Å². The molecule has 2 rings (SSSR count). The Kier molecular flexibility index (Phi) is 5.62. The van der Waals surface area contributed by atoms with E-state index in [1.165, 1.54) is 6.07 Å². The lowest BCUT2D eigenvalue weighted by molar-refractivity contribution is -0.253. The number of alkyl carbamates (subject to hydrolysis) is 1. The zero-order valence-corrected chi connectivity index (χ0v) is 11.9. The highest BCUT2D eigenvalue weighted by molar-refractivity contribution is 5.85. The van der Waals surface area contributed by atoms with Crippen LogP contribution in [0, 0.1) is 0 Å². The number of carbonyl (C=O) groups excluding carboxylic acids is 1. The number of ether oxygens (including phenoxy) is 2.